The molecule has 3 aromatic rings. The average Bonchev–Trinajstić information content (AvgIpc) is 2.62. The lowest BCUT2D eigenvalue weighted by atomic mass is 9.90. The average molecular weight is 367 g/mol. The SMILES string of the molecule is CC1c2c(O)cccc2-c2ccccc2N1S(=O)(=O)c1ccc(O)cc1. The summed E-state index contributed by atoms with van der Waals surface area (Å²) in [5.74, 6) is 0.0643. The number of phenolic OH excluding ortho intramolecular Hbond substituents is 2. The molecule has 0 spiro atoms. The maximum absolute atomic E-state index is 13.4. The van der Waals surface area contributed by atoms with Crippen LogP contribution in [-0.2, 0) is 10.0 Å². The zero-order chi connectivity index (χ0) is 18.5. The highest BCUT2D eigenvalue weighted by Gasteiger charge is 2.37. The quantitative estimate of drug-likeness (QED) is 0.717. The normalized spacial score (nSPS) is 16.0. The first kappa shape index (κ1) is 16.5. The van der Waals surface area contributed by atoms with Gasteiger partial charge in [-0.15, -0.1) is 0 Å². The minimum atomic E-state index is -3.89. The molecule has 26 heavy (non-hydrogen) atoms. The van der Waals surface area contributed by atoms with Gasteiger partial charge in [0.1, 0.15) is 11.5 Å². The Morgan fingerprint density at radius 3 is 2.23 bits per heavy atom. The molecule has 0 saturated carbocycles. The minimum Gasteiger partial charge on any atom is -0.508 e. The van der Waals surface area contributed by atoms with Gasteiger partial charge >= 0.3 is 0 Å². The predicted octanol–water partition coefficient (Wildman–Crippen LogP) is 4.03. The van der Waals surface area contributed by atoms with Crippen LogP contribution < -0.4 is 4.31 Å². The van der Waals surface area contributed by atoms with E-state index < -0.39 is 16.1 Å². The number of nitrogens with zero attached hydrogens (tertiary/aromatic N) is 1. The van der Waals surface area contributed by atoms with E-state index in [0.29, 0.717) is 11.3 Å². The Balaban J connectivity index is 1.98. The molecule has 1 atom stereocenters. The highest BCUT2D eigenvalue weighted by atomic mass is 32.2. The zero-order valence-corrected chi connectivity index (χ0v) is 14.8. The molecule has 1 aliphatic heterocycles. The molecule has 3 aromatic carbocycles. The first-order valence-electron chi connectivity index (χ1n) is 8.16. The van der Waals surface area contributed by atoms with E-state index >= 15 is 0 Å². The van der Waals surface area contributed by atoms with Crippen LogP contribution in [0.3, 0.4) is 0 Å². The van der Waals surface area contributed by atoms with Gasteiger partial charge in [0, 0.05) is 11.1 Å². The Bertz CT molecular complexity index is 1090. The predicted molar refractivity (Wildman–Crippen MR) is 99.7 cm³/mol. The molecule has 0 aliphatic carbocycles. The highest BCUT2D eigenvalue weighted by molar-refractivity contribution is 7.92. The summed E-state index contributed by atoms with van der Waals surface area (Å²) in [5, 5.41) is 19.9. The molecule has 1 heterocycles. The van der Waals surface area contributed by atoms with Crippen molar-refractivity contribution in [2.75, 3.05) is 4.31 Å². The Hall–Kier alpha value is -2.99. The van der Waals surface area contributed by atoms with Crippen LogP contribution >= 0.6 is 0 Å². The number of sulfonamides is 1. The number of para-hydroxylation sites is 1. The van der Waals surface area contributed by atoms with Crippen molar-refractivity contribution < 1.29 is 18.6 Å². The van der Waals surface area contributed by atoms with Crippen molar-refractivity contribution in [3.8, 4) is 22.6 Å². The molecule has 0 bridgehead atoms. The van der Waals surface area contributed by atoms with Crippen LogP contribution in [0.2, 0.25) is 0 Å². The van der Waals surface area contributed by atoms with Crippen molar-refractivity contribution >= 4 is 15.7 Å². The lowest BCUT2D eigenvalue weighted by Crippen LogP contribution is -2.36. The van der Waals surface area contributed by atoms with E-state index in [0.717, 1.165) is 11.1 Å². The lowest BCUT2D eigenvalue weighted by Gasteiger charge is -2.37. The van der Waals surface area contributed by atoms with Crippen molar-refractivity contribution in [2.45, 2.75) is 17.9 Å². The van der Waals surface area contributed by atoms with E-state index in [9.17, 15) is 18.6 Å². The third-order valence-electron chi connectivity index (χ3n) is 4.68. The first-order chi connectivity index (χ1) is 12.4. The number of anilines is 1. The van der Waals surface area contributed by atoms with Crippen LogP contribution in [0.1, 0.15) is 18.5 Å². The molecular formula is C20H17NO4S. The molecule has 1 aliphatic rings. The van der Waals surface area contributed by atoms with Gasteiger partial charge in [-0.2, -0.15) is 0 Å². The number of aromatic hydroxyl groups is 2. The monoisotopic (exact) mass is 367 g/mol. The standard InChI is InChI=1S/C20H17NO4S/c1-13-20-17(6-4-8-19(20)23)16-5-2-3-7-18(16)21(13)26(24,25)15-11-9-14(22)10-12-15/h2-13,22-23H,1H3. The number of fused-ring (bicyclic) bond motifs is 3. The molecule has 0 radical (unpaired) electrons. The van der Waals surface area contributed by atoms with Crippen molar-refractivity contribution in [2.24, 2.45) is 0 Å². The Morgan fingerprint density at radius 1 is 0.846 bits per heavy atom. The van der Waals surface area contributed by atoms with Crippen LogP contribution in [0.4, 0.5) is 5.69 Å². The summed E-state index contributed by atoms with van der Waals surface area (Å²) in [6, 6.07) is 17.3. The summed E-state index contributed by atoms with van der Waals surface area (Å²) >= 11 is 0. The number of rotatable bonds is 2. The second kappa shape index (κ2) is 5.78. The van der Waals surface area contributed by atoms with Crippen LogP contribution in [-0.4, -0.2) is 18.6 Å². The van der Waals surface area contributed by atoms with Gasteiger partial charge in [0.2, 0.25) is 0 Å². The van der Waals surface area contributed by atoms with Gasteiger partial charge in [0.25, 0.3) is 10.0 Å². The van der Waals surface area contributed by atoms with Gasteiger partial charge in [-0.3, -0.25) is 4.31 Å². The minimum absolute atomic E-state index is 0.000896. The van der Waals surface area contributed by atoms with Crippen molar-refractivity contribution in [3.05, 3.63) is 72.3 Å². The second-order valence-corrected chi connectivity index (χ2v) is 8.04. The summed E-state index contributed by atoms with van der Waals surface area (Å²) in [7, 11) is -3.89. The molecule has 4 rings (SSSR count). The van der Waals surface area contributed by atoms with Gasteiger partial charge in [0.05, 0.1) is 16.6 Å². The van der Waals surface area contributed by atoms with Crippen LogP contribution in [0, 0.1) is 0 Å². The number of hydrogen-bond acceptors (Lipinski definition) is 4. The van der Waals surface area contributed by atoms with E-state index in [4.69, 9.17) is 0 Å². The third-order valence-corrected chi connectivity index (χ3v) is 6.58. The summed E-state index contributed by atoms with van der Waals surface area (Å²) < 4.78 is 28.0. The number of benzene rings is 3. The molecule has 0 saturated heterocycles. The Labute approximate surface area is 151 Å². The largest absolute Gasteiger partial charge is 0.508 e. The smallest absolute Gasteiger partial charge is 0.264 e. The van der Waals surface area contributed by atoms with E-state index in [1.165, 1.54) is 28.6 Å². The van der Waals surface area contributed by atoms with E-state index in [1.54, 1.807) is 31.2 Å². The van der Waals surface area contributed by atoms with E-state index in [1.807, 2.05) is 18.2 Å². The molecule has 1 unspecified atom stereocenters. The van der Waals surface area contributed by atoms with Gasteiger partial charge in [-0.05, 0) is 48.9 Å². The van der Waals surface area contributed by atoms with E-state index in [-0.39, 0.29) is 16.4 Å². The fraction of sp³-hybridized carbons (Fsp3) is 0.100. The fourth-order valence-corrected chi connectivity index (χ4v) is 5.16. The van der Waals surface area contributed by atoms with Crippen molar-refractivity contribution in [1.29, 1.82) is 0 Å². The maximum atomic E-state index is 13.4. The van der Waals surface area contributed by atoms with Gasteiger partial charge < -0.3 is 10.2 Å². The Morgan fingerprint density at radius 2 is 1.50 bits per heavy atom. The Kier molecular flexibility index (Phi) is 3.66. The molecule has 132 valence electrons. The van der Waals surface area contributed by atoms with Crippen molar-refractivity contribution in [1.82, 2.24) is 0 Å². The van der Waals surface area contributed by atoms with Gasteiger partial charge in [0.15, 0.2) is 0 Å². The summed E-state index contributed by atoms with van der Waals surface area (Å²) in [5.41, 5.74) is 2.71. The molecule has 0 fully saturated rings. The van der Waals surface area contributed by atoms with Gasteiger partial charge in [-0.1, -0.05) is 30.3 Å². The summed E-state index contributed by atoms with van der Waals surface area (Å²) in [4.78, 5) is 0.0795. The lowest BCUT2D eigenvalue weighted by molar-refractivity contribution is 0.463. The zero-order valence-electron chi connectivity index (χ0n) is 14.0. The summed E-state index contributed by atoms with van der Waals surface area (Å²) in [6.45, 7) is 1.76. The molecule has 6 heteroatoms. The topological polar surface area (TPSA) is 77.8 Å². The van der Waals surface area contributed by atoms with E-state index in [2.05, 4.69) is 0 Å². The molecular weight excluding hydrogens is 350 g/mol. The molecule has 0 amide bonds. The highest BCUT2D eigenvalue weighted by Crippen LogP contribution is 2.49. The van der Waals surface area contributed by atoms with Gasteiger partial charge in [-0.25, -0.2) is 8.42 Å². The van der Waals surface area contributed by atoms with Crippen molar-refractivity contribution in [3.63, 3.8) is 0 Å². The fourth-order valence-electron chi connectivity index (χ4n) is 3.52. The van der Waals surface area contributed by atoms with Crippen LogP contribution in [0.5, 0.6) is 11.5 Å². The summed E-state index contributed by atoms with van der Waals surface area (Å²) in [6.07, 6.45) is 0. The third kappa shape index (κ3) is 2.34. The van der Waals surface area contributed by atoms with Crippen LogP contribution in [0.25, 0.3) is 11.1 Å². The molecule has 0 aromatic heterocycles. The first-order valence-corrected chi connectivity index (χ1v) is 9.60. The van der Waals surface area contributed by atoms with Crippen LogP contribution in [0.15, 0.2) is 71.6 Å². The second-order valence-electron chi connectivity index (χ2n) is 6.23. The number of phenols is 2. The maximum Gasteiger partial charge on any atom is 0.264 e. The molecule has 2 N–H and O–H groups in total. The molecule has 5 nitrogen and oxygen atoms in total. The number of hydrogen-bond donors (Lipinski definition) is 2.